The van der Waals surface area contributed by atoms with E-state index in [9.17, 15) is 13.2 Å². The van der Waals surface area contributed by atoms with Crippen molar-refractivity contribution >= 4 is 17.3 Å². The van der Waals surface area contributed by atoms with Crippen LogP contribution in [0.1, 0.15) is 0 Å². The van der Waals surface area contributed by atoms with Crippen LogP contribution in [-0.2, 0) is 4.79 Å². The summed E-state index contributed by atoms with van der Waals surface area (Å²) in [4.78, 5) is 8.90. The van der Waals surface area contributed by atoms with Gasteiger partial charge in [-0.2, -0.15) is 13.2 Å². The van der Waals surface area contributed by atoms with Crippen LogP contribution in [0, 0.1) is 0 Å². The molecule has 2 aromatic rings. The van der Waals surface area contributed by atoms with Gasteiger partial charge >= 0.3 is 12.1 Å². The second kappa shape index (κ2) is 7.30. The number of nitrogens with two attached hydrogens (primary N) is 1. The van der Waals surface area contributed by atoms with Gasteiger partial charge in [-0.15, -0.1) is 0 Å². The number of alkyl halides is 3. The topological polar surface area (TPSA) is 66.6 Å². The number of hydrogen-bond donors (Lipinski definition) is 2. The molecule has 0 fully saturated rings. The third-order valence-corrected chi connectivity index (χ3v) is 2.31. The maximum absolute atomic E-state index is 10.6. The van der Waals surface area contributed by atoms with Gasteiger partial charge in [0.15, 0.2) is 0 Å². The summed E-state index contributed by atoms with van der Waals surface area (Å²) in [7, 11) is 0. The molecule has 3 N–H and O–H groups in total. The first-order valence-electron chi connectivity index (χ1n) is 5.77. The van der Waals surface area contributed by atoms with Crippen molar-refractivity contribution in [1.29, 1.82) is 0 Å². The number of hydrazine groups is 1. The van der Waals surface area contributed by atoms with Crippen LogP contribution in [0.25, 0.3) is 0 Å². The number of carbonyl (C=O) groups is 1. The lowest BCUT2D eigenvalue weighted by atomic mass is 10.2. The molecule has 0 bridgehead atoms. The van der Waals surface area contributed by atoms with Crippen LogP contribution in [0.3, 0.4) is 0 Å². The minimum Gasteiger partial charge on any atom is -0.475 e. The monoisotopic (exact) mass is 298 g/mol. The molecule has 0 saturated carbocycles. The van der Waals surface area contributed by atoms with E-state index in [1.165, 1.54) is 0 Å². The average molecular weight is 298 g/mol. The standard InChI is InChI=1S/C12H12N2.C2HF3O2/c13-14(11-7-3-1-4-8-11)12-9-5-2-6-10-12;3-2(4,5)1(6)7/h1-10H,13H2;(H,6,7). The largest absolute Gasteiger partial charge is 0.490 e. The molecule has 0 amide bonds. The molecule has 0 heterocycles. The van der Waals surface area contributed by atoms with Crippen LogP contribution in [0.5, 0.6) is 0 Å². The number of para-hydroxylation sites is 2. The van der Waals surface area contributed by atoms with E-state index in [1.807, 2.05) is 60.7 Å². The summed E-state index contributed by atoms with van der Waals surface area (Å²) in [6.45, 7) is 0. The summed E-state index contributed by atoms with van der Waals surface area (Å²) in [5, 5.41) is 8.79. The van der Waals surface area contributed by atoms with Gasteiger partial charge in [0.2, 0.25) is 0 Å². The Bertz CT molecular complexity index is 520. The summed E-state index contributed by atoms with van der Waals surface area (Å²) in [5.41, 5.74) is 1.97. The number of anilines is 2. The first-order valence-corrected chi connectivity index (χ1v) is 5.77. The van der Waals surface area contributed by atoms with Crippen LogP contribution in [0.4, 0.5) is 24.5 Å². The molecule has 0 aliphatic carbocycles. The molecule has 112 valence electrons. The first kappa shape index (κ1) is 16.5. The van der Waals surface area contributed by atoms with Crippen LogP contribution in [0.2, 0.25) is 0 Å². The number of rotatable bonds is 2. The summed E-state index contributed by atoms with van der Waals surface area (Å²) in [5.74, 6) is 3.19. The number of benzene rings is 2. The molecular weight excluding hydrogens is 285 g/mol. The van der Waals surface area contributed by atoms with Gasteiger partial charge in [-0.1, -0.05) is 36.4 Å². The lowest BCUT2D eigenvalue weighted by molar-refractivity contribution is -0.192. The highest BCUT2D eigenvalue weighted by Crippen LogP contribution is 2.20. The number of halogens is 3. The van der Waals surface area contributed by atoms with E-state index >= 15 is 0 Å². The van der Waals surface area contributed by atoms with Gasteiger partial charge in [-0.25, -0.2) is 10.6 Å². The van der Waals surface area contributed by atoms with E-state index in [2.05, 4.69) is 0 Å². The molecule has 21 heavy (non-hydrogen) atoms. The van der Waals surface area contributed by atoms with Crippen molar-refractivity contribution in [3.8, 4) is 0 Å². The van der Waals surface area contributed by atoms with Gasteiger partial charge in [0, 0.05) is 0 Å². The summed E-state index contributed by atoms with van der Waals surface area (Å²) < 4.78 is 31.7. The fourth-order valence-electron chi connectivity index (χ4n) is 1.33. The smallest absolute Gasteiger partial charge is 0.475 e. The Morgan fingerprint density at radius 3 is 1.43 bits per heavy atom. The Labute approximate surface area is 119 Å². The third kappa shape index (κ3) is 5.53. The SMILES string of the molecule is NN(c1ccccc1)c1ccccc1.O=C(O)C(F)(F)F. The Hall–Kier alpha value is -2.54. The highest BCUT2D eigenvalue weighted by atomic mass is 19.4. The summed E-state index contributed by atoms with van der Waals surface area (Å²) >= 11 is 0. The molecular formula is C14H13F3N2O2. The maximum Gasteiger partial charge on any atom is 0.490 e. The Kier molecular flexibility index (Phi) is 5.74. The van der Waals surface area contributed by atoms with E-state index in [1.54, 1.807) is 5.01 Å². The Balaban J connectivity index is 0.000000270. The summed E-state index contributed by atoms with van der Waals surface area (Å²) in [6.07, 6.45) is -5.08. The predicted molar refractivity (Wildman–Crippen MR) is 72.9 cm³/mol. The highest BCUT2D eigenvalue weighted by molar-refractivity contribution is 5.73. The zero-order valence-corrected chi connectivity index (χ0v) is 10.8. The van der Waals surface area contributed by atoms with Gasteiger partial charge in [0.05, 0.1) is 11.4 Å². The number of carboxylic acid groups (broad SMARTS) is 1. The predicted octanol–water partition coefficient (Wildman–Crippen LogP) is 3.33. The van der Waals surface area contributed by atoms with Crippen molar-refractivity contribution < 1.29 is 23.1 Å². The van der Waals surface area contributed by atoms with Crippen LogP contribution in [-0.4, -0.2) is 17.3 Å². The van der Waals surface area contributed by atoms with Gasteiger partial charge < -0.3 is 5.11 Å². The highest BCUT2D eigenvalue weighted by Gasteiger charge is 2.38. The molecule has 0 aromatic heterocycles. The first-order chi connectivity index (χ1) is 9.82. The number of nitrogens with zero attached hydrogens (tertiary/aromatic N) is 1. The maximum atomic E-state index is 10.6. The Morgan fingerprint density at radius 1 is 0.905 bits per heavy atom. The molecule has 7 heteroatoms. The average Bonchev–Trinajstić information content (AvgIpc) is 2.48. The molecule has 0 unspecified atom stereocenters. The molecule has 2 aromatic carbocycles. The quantitative estimate of drug-likeness (QED) is 0.659. The normalized spacial score (nSPS) is 10.3. The van der Waals surface area contributed by atoms with E-state index in [-0.39, 0.29) is 0 Å². The number of carboxylic acids is 1. The third-order valence-electron chi connectivity index (χ3n) is 2.31. The molecule has 0 aliphatic rings. The van der Waals surface area contributed by atoms with Crippen LogP contribution < -0.4 is 10.9 Å². The van der Waals surface area contributed by atoms with Crippen LogP contribution in [0.15, 0.2) is 60.7 Å². The number of aliphatic carboxylic acids is 1. The van der Waals surface area contributed by atoms with Gasteiger partial charge in [0.25, 0.3) is 0 Å². The summed E-state index contributed by atoms with van der Waals surface area (Å²) in [6, 6.07) is 19.7. The van der Waals surface area contributed by atoms with Crippen molar-refractivity contribution in [2.45, 2.75) is 6.18 Å². The van der Waals surface area contributed by atoms with Crippen LogP contribution >= 0.6 is 0 Å². The second-order valence-corrected chi connectivity index (χ2v) is 3.84. The molecule has 0 radical (unpaired) electrons. The molecule has 0 saturated heterocycles. The van der Waals surface area contributed by atoms with E-state index in [0.29, 0.717) is 0 Å². The lowest BCUT2D eigenvalue weighted by Crippen LogP contribution is -2.24. The molecule has 0 spiro atoms. The van der Waals surface area contributed by atoms with E-state index in [4.69, 9.17) is 15.7 Å². The molecule has 0 aliphatic heterocycles. The Morgan fingerprint density at radius 2 is 1.19 bits per heavy atom. The van der Waals surface area contributed by atoms with E-state index < -0.39 is 12.1 Å². The molecule has 0 atom stereocenters. The lowest BCUT2D eigenvalue weighted by Gasteiger charge is -2.18. The van der Waals surface area contributed by atoms with E-state index in [0.717, 1.165) is 11.4 Å². The fourth-order valence-corrected chi connectivity index (χ4v) is 1.33. The van der Waals surface area contributed by atoms with Gasteiger partial charge in [-0.3, -0.25) is 5.01 Å². The minimum atomic E-state index is -5.08. The minimum absolute atomic E-state index is 0.985. The van der Waals surface area contributed by atoms with Crippen molar-refractivity contribution in [2.75, 3.05) is 5.01 Å². The van der Waals surface area contributed by atoms with Crippen molar-refractivity contribution in [3.63, 3.8) is 0 Å². The zero-order valence-electron chi connectivity index (χ0n) is 10.8. The molecule has 2 rings (SSSR count). The zero-order chi connectivity index (χ0) is 15.9. The van der Waals surface area contributed by atoms with Crippen molar-refractivity contribution in [3.05, 3.63) is 60.7 Å². The van der Waals surface area contributed by atoms with Crippen molar-refractivity contribution in [2.24, 2.45) is 5.84 Å². The van der Waals surface area contributed by atoms with Crippen molar-refractivity contribution in [1.82, 2.24) is 0 Å². The fraction of sp³-hybridized carbons (Fsp3) is 0.0714. The second-order valence-electron chi connectivity index (χ2n) is 3.84. The number of hydrogen-bond acceptors (Lipinski definition) is 3. The van der Waals surface area contributed by atoms with Gasteiger partial charge in [-0.05, 0) is 24.3 Å². The van der Waals surface area contributed by atoms with Gasteiger partial charge in [0.1, 0.15) is 0 Å². The molecule has 4 nitrogen and oxygen atoms in total.